The highest BCUT2D eigenvalue weighted by Gasteiger charge is 2.19. The average molecular weight is 198 g/mol. The van der Waals surface area contributed by atoms with Crippen LogP contribution >= 0.6 is 11.8 Å². The van der Waals surface area contributed by atoms with Crippen LogP contribution in [0.2, 0.25) is 0 Å². The molecule has 2 fully saturated rings. The van der Waals surface area contributed by atoms with Gasteiger partial charge < -0.3 is 4.74 Å². The van der Waals surface area contributed by atoms with Crippen LogP contribution in [0.15, 0.2) is 11.6 Å². The molecule has 0 amide bonds. The van der Waals surface area contributed by atoms with Crippen molar-refractivity contribution in [2.45, 2.75) is 31.8 Å². The van der Waals surface area contributed by atoms with E-state index in [1.165, 1.54) is 12.0 Å². The molecule has 72 valence electrons. The molecular weight excluding hydrogens is 184 g/mol. The van der Waals surface area contributed by atoms with Crippen LogP contribution in [0, 0.1) is 0 Å². The largest absolute Gasteiger partial charge is 0.458 e. The van der Waals surface area contributed by atoms with Gasteiger partial charge in [0.05, 0.1) is 0 Å². The molecule has 1 aliphatic carbocycles. The molecule has 1 heterocycles. The second kappa shape index (κ2) is 4.18. The molecule has 0 aromatic carbocycles. The van der Waals surface area contributed by atoms with Gasteiger partial charge in [0.1, 0.15) is 6.10 Å². The van der Waals surface area contributed by atoms with Gasteiger partial charge in [0.2, 0.25) is 0 Å². The fourth-order valence-electron chi connectivity index (χ4n) is 1.50. The Labute approximate surface area is 82.7 Å². The molecule has 0 aromatic heterocycles. The van der Waals surface area contributed by atoms with Crippen molar-refractivity contribution in [1.82, 2.24) is 0 Å². The number of allylic oxidation sites excluding steroid dienone is 1. The van der Waals surface area contributed by atoms with Gasteiger partial charge in [-0.05, 0) is 31.4 Å². The monoisotopic (exact) mass is 198 g/mol. The quantitative estimate of drug-likeness (QED) is 0.502. The van der Waals surface area contributed by atoms with Crippen molar-refractivity contribution in [3.05, 3.63) is 11.6 Å². The lowest BCUT2D eigenvalue weighted by Gasteiger charge is -2.16. The first-order valence-electron chi connectivity index (χ1n) is 4.82. The molecule has 0 N–H and O–H groups in total. The molecule has 1 saturated heterocycles. The fourth-order valence-corrected chi connectivity index (χ4v) is 2.59. The fraction of sp³-hybridized carbons (Fsp3) is 0.700. The van der Waals surface area contributed by atoms with Crippen molar-refractivity contribution in [3.63, 3.8) is 0 Å². The minimum atomic E-state index is -0.123. The van der Waals surface area contributed by atoms with E-state index in [2.05, 4.69) is 0 Å². The van der Waals surface area contributed by atoms with Gasteiger partial charge in [0, 0.05) is 11.8 Å². The van der Waals surface area contributed by atoms with Gasteiger partial charge in [-0.25, -0.2) is 4.79 Å². The van der Waals surface area contributed by atoms with Gasteiger partial charge in [-0.3, -0.25) is 0 Å². The third-order valence-electron chi connectivity index (χ3n) is 2.49. The number of rotatable bonds is 2. The third-order valence-corrected chi connectivity index (χ3v) is 3.62. The molecule has 2 nitrogen and oxygen atoms in total. The summed E-state index contributed by atoms with van der Waals surface area (Å²) in [6, 6.07) is 0. The van der Waals surface area contributed by atoms with E-state index in [9.17, 15) is 4.79 Å². The molecule has 0 spiro atoms. The lowest BCUT2D eigenvalue weighted by molar-refractivity contribution is -0.141. The van der Waals surface area contributed by atoms with Gasteiger partial charge in [-0.2, -0.15) is 11.8 Å². The summed E-state index contributed by atoms with van der Waals surface area (Å²) in [4.78, 5) is 11.3. The number of ether oxygens (including phenoxy) is 1. The molecule has 0 aromatic rings. The summed E-state index contributed by atoms with van der Waals surface area (Å²) in [7, 11) is 0. The number of hydrogen-bond donors (Lipinski definition) is 0. The third kappa shape index (κ3) is 2.50. The van der Waals surface area contributed by atoms with Crippen molar-refractivity contribution < 1.29 is 9.53 Å². The van der Waals surface area contributed by atoms with Crippen molar-refractivity contribution in [2.24, 2.45) is 0 Å². The Bertz CT molecular complexity index is 223. The minimum absolute atomic E-state index is 0.123. The number of esters is 1. The molecule has 1 saturated carbocycles. The molecular formula is C10H14O2S. The molecule has 2 aliphatic rings. The maximum absolute atomic E-state index is 11.3. The van der Waals surface area contributed by atoms with Crippen LogP contribution in [0.3, 0.4) is 0 Å². The highest BCUT2D eigenvalue weighted by molar-refractivity contribution is 7.99. The molecule has 0 radical (unpaired) electrons. The van der Waals surface area contributed by atoms with Crippen molar-refractivity contribution >= 4 is 17.7 Å². The van der Waals surface area contributed by atoms with Gasteiger partial charge in [-0.15, -0.1) is 0 Å². The van der Waals surface area contributed by atoms with Crippen molar-refractivity contribution in [1.29, 1.82) is 0 Å². The Balaban J connectivity index is 1.77. The smallest absolute Gasteiger partial charge is 0.331 e. The highest BCUT2D eigenvalue weighted by Crippen LogP contribution is 2.25. The van der Waals surface area contributed by atoms with Crippen molar-refractivity contribution in [3.8, 4) is 0 Å². The molecule has 1 aliphatic heterocycles. The van der Waals surface area contributed by atoms with Gasteiger partial charge in [-0.1, -0.05) is 5.57 Å². The van der Waals surface area contributed by atoms with Crippen LogP contribution in [-0.2, 0) is 9.53 Å². The first-order chi connectivity index (χ1) is 6.34. The van der Waals surface area contributed by atoms with E-state index in [0.29, 0.717) is 0 Å². The average Bonchev–Trinajstić information content (AvgIpc) is 2.49. The number of hydrogen-bond acceptors (Lipinski definition) is 3. The van der Waals surface area contributed by atoms with Crippen molar-refractivity contribution in [2.75, 3.05) is 11.5 Å². The van der Waals surface area contributed by atoms with E-state index in [-0.39, 0.29) is 12.1 Å². The van der Waals surface area contributed by atoms with E-state index in [0.717, 1.165) is 30.8 Å². The number of carbonyl (C=O) groups is 1. The van der Waals surface area contributed by atoms with Crippen LogP contribution in [0.1, 0.15) is 25.7 Å². The predicted octanol–water partition coefficient (Wildman–Crippen LogP) is 2.15. The summed E-state index contributed by atoms with van der Waals surface area (Å²) in [6.45, 7) is 0. The van der Waals surface area contributed by atoms with Gasteiger partial charge in [0.25, 0.3) is 0 Å². The molecule has 0 bridgehead atoms. The van der Waals surface area contributed by atoms with E-state index in [1.807, 2.05) is 11.8 Å². The first-order valence-corrected chi connectivity index (χ1v) is 5.98. The van der Waals surface area contributed by atoms with Crippen LogP contribution in [-0.4, -0.2) is 23.6 Å². The zero-order valence-electron chi connectivity index (χ0n) is 7.62. The zero-order valence-corrected chi connectivity index (χ0v) is 8.44. The predicted molar refractivity (Wildman–Crippen MR) is 53.8 cm³/mol. The minimum Gasteiger partial charge on any atom is -0.458 e. The Hall–Kier alpha value is -0.440. The second-order valence-electron chi connectivity index (χ2n) is 3.58. The SMILES string of the molecule is O=C(C=C1CCC1)OC1CCSC1. The first kappa shape index (κ1) is 9.13. The Kier molecular flexibility index (Phi) is 2.94. The summed E-state index contributed by atoms with van der Waals surface area (Å²) >= 11 is 1.86. The number of carbonyl (C=O) groups excluding carboxylic acids is 1. The van der Waals surface area contributed by atoms with E-state index < -0.39 is 0 Å². The van der Waals surface area contributed by atoms with Crippen LogP contribution in [0.25, 0.3) is 0 Å². The highest BCUT2D eigenvalue weighted by atomic mass is 32.2. The van der Waals surface area contributed by atoms with E-state index >= 15 is 0 Å². The molecule has 1 atom stereocenters. The van der Waals surface area contributed by atoms with E-state index in [1.54, 1.807) is 6.08 Å². The van der Waals surface area contributed by atoms with Crippen LogP contribution in [0.4, 0.5) is 0 Å². The van der Waals surface area contributed by atoms with Gasteiger partial charge >= 0.3 is 5.97 Å². The Morgan fingerprint density at radius 3 is 2.92 bits per heavy atom. The number of thioether (sulfide) groups is 1. The molecule has 13 heavy (non-hydrogen) atoms. The summed E-state index contributed by atoms with van der Waals surface area (Å²) in [5, 5.41) is 0. The topological polar surface area (TPSA) is 26.3 Å². The normalized spacial score (nSPS) is 26.8. The lowest BCUT2D eigenvalue weighted by atomic mass is 9.92. The van der Waals surface area contributed by atoms with E-state index in [4.69, 9.17) is 4.74 Å². The lowest BCUT2D eigenvalue weighted by Crippen LogP contribution is -2.16. The van der Waals surface area contributed by atoms with Gasteiger partial charge in [0.15, 0.2) is 0 Å². The molecule has 1 unspecified atom stereocenters. The maximum Gasteiger partial charge on any atom is 0.331 e. The standard InChI is InChI=1S/C10H14O2S/c11-10(6-8-2-1-3-8)12-9-4-5-13-7-9/h6,9H,1-5,7H2. The summed E-state index contributed by atoms with van der Waals surface area (Å²) in [5.41, 5.74) is 1.26. The maximum atomic E-state index is 11.3. The second-order valence-corrected chi connectivity index (χ2v) is 4.73. The van der Waals surface area contributed by atoms with Crippen LogP contribution in [0.5, 0.6) is 0 Å². The summed E-state index contributed by atoms with van der Waals surface area (Å²) < 4.78 is 5.28. The molecule has 2 rings (SSSR count). The summed E-state index contributed by atoms with van der Waals surface area (Å²) in [5.74, 6) is 1.99. The Morgan fingerprint density at radius 1 is 1.54 bits per heavy atom. The molecule has 3 heteroatoms. The Morgan fingerprint density at radius 2 is 2.38 bits per heavy atom. The zero-order chi connectivity index (χ0) is 9.10. The van der Waals surface area contributed by atoms with Crippen LogP contribution < -0.4 is 0 Å². The summed E-state index contributed by atoms with van der Waals surface area (Å²) in [6.07, 6.45) is 6.31.